The number of anilines is 1. The van der Waals surface area contributed by atoms with Crippen LogP contribution in [0.1, 0.15) is 10.4 Å². The summed E-state index contributed by atoms with van der Waals surface area (Å²) in [5.41, 5.74) is 7.56. The van der Waals surface area contributed by atoms with Gasteiger partial charge in [-0.05, 0) is 48.0 Å². The van der Waals surface area contributed by atoms with Crippen molar-refractivity contribution < 1.29 is 9.59 Å². The molecule has 3 heterocycles. The Hall–Kier alpha value is -2.90. The summed E-state index contributed by atoms with van der Waals surface area (Å²) in [6.07, 6.45) is 3.22. The topological polar surface area (TPSA) is 79.5 Å². The highest BCUT2D eigenvalue weighted by Crippen LogP contribution is 2.22. The molecule has 1 fully saturated rings. The third-order valence-corrected chi connectivity index (χ3v) is 5.96. The molecule has 0 atom stereocenters. The molecule has 148 valence electrons. The Bertz CT molecular complexity index is 1110. The fraction of sp³-hybridized carbons (Fsp3) is 0.190. The Kier molecular flexibility index (Phi) is 5.51. The zero-order valence-electron chi connectivity index (χ0n) is 15.5. The van der Waals surface area contributed by atoms with Crippen LogP contribution in [0.3, 0.4) is 0 Å². The van der Waals surface area contributed by atoms with Crippen molar-refractivity contribution in [1.82, 2.24) is 14.8 Å². The van der Waals surface area contributed by atoms with E-state index >= 15 is 0 Å². The molecule has 0 saturated carbocycles. The Labute approximate surface area is 177 Å². The van der Waals surface area contributed by atoms with Crippen LogP contribution in [0.2, 0.25) is 4.34 Å². The minimum atomic E-state index is -0.170. The predicted octanol–water partition coefficient (Wildman–Crippen LogP) is 3.42. The number of thiophene rings is 1. The number of amides is 2. The van der Waals surface area contributed by atoms with Gasteiger partial charge in [0.15, 0.2) is 0 Å². The van der Waals surface area contributed by atoms with E-state index < -0.39 is 0 Å². The van der Waals surface area contributed by atoms with E-state index in [1.807, 2.05) is 30.3 Å². The summed E-state index contributed by atoms with van der Waals surface area (Å²) in [6.45, 7) is 1.60. The molecule has 1 aliphatic heterocycles. The normalized spacial score (nSPS) is 14.9. The minimum Gasteiger partial charge on any atom is -0.384 e. The van der Waals surface area contributed by atoms with E-state index in [9.17, 15) is 9.59 Å². The third kappa shape index (κ3) is 4.58. The van der Waals surface area contributed by atoms with E-state index in [-0.39, 0.29) is 18.4 Å². The molecule has 0 spiro atoms. The van der Waals surface area contributed by atoms with Crippen LogP contribution in [0.5, 0.6) is 0 Å². The third-order valence-electron chi connectivity index (χ3n) is 4.76. The lowest BCUT2D eigenvalue weighted by molar-refractivity contribution is -0.143. The number of hydrogen-bond donors (Lipinski definition) is 1. The molecule has 3 aromatic rings. The van der Waals surface area contributed by atoms with Crippen molar-refractivity contribution >= 4 is 57.5 Å². The summed E-state index contributed by atoms with van der Waals surface area (Å²) >= 11 is 7.30. The molecule has 2 amide bonds. The second-order valence-corrected chi connectivity index (χ2v) is 8.56. The molecule has 0 bridgehead atoms. The molecule has 0 radical (unpaired) electrons. The maximum Gasteiger partial charge on any atom is 0.247 e. The quantitative estimate of drug-likeness (QED) is 0.648. The van der Waals surface area contributed by atoms with Gasteiger partial charge in [0.05, 0.1) is 9.85 Å². The van der Waals surface area contributed by atoms with E-state index in [0.29, 0.717) is 29.8 Å². The van der Waals surface area contributed by atoms with Crippen molar-refractivity contribution in [3.8, 4) is 0 Å². The highest BCUT2D eigenvalue weighted by Gasteiger charge is 2.26. The van der Waals surface area contributed by atoms with Gasteiger partial charge in [-0.1, -0.05) is 17.7 Å². The summed E-state index contributed by atoms with van der Waals surface area (Å²) in [7, 11) is 0. The number of aromatic nitrogens is 1. The number of fused-ring (bicyclic) bond motifs is 1. The summed E-state index contributed by atoms with van der Waals surface area (Å²) in [4.78, 5) is 33.5. The highest BCUT2D eigenvalue weighted by atomic mass is 35.5. The van der Waals surface area contributed by atoms with Crippen LogP contribution in [0.15, 0.2) is 48.5 Å². The molecule has 0 aliphatic carbocycles. The molecule has 1 aromatic carbocycles. The monoisotopic (exact) mass is 426 g/mol. The zero-order chi connectivity index (χ0) is 20.4. The molecule has 1 aliphatic rings. The second-order valence-electron chi connectivity index (χ2n) is 6.81. The van der Waals surface area contributed by atoms with Crippen LogP contribution in [-0.2, 0) is 16.1 Å². The molecule has 1 saturated heterocycles. The number of nitrogen functional groups attached to an aromatic ring is 1. The Morgan fingerprint density at radius 1 is 1.21 bits per heavy atom. The van der Waals surface area contributed by atoms with Crippen molar-refractivity contribution in [2.24, 2.45) is 0 Å². The van der Waals surface area contributed by atoms with E-state index in [4.69, 9.17) is 17.3 Å². The van der Waals surface area contributed by atoms with Crippen molar-refractivity contribution in [3.63, 3.8) is 0 Å². The molecule has 0 unspecified atom stereocenters. The number of hydrogen-bond acceptors (Lipinski definition) is 5. The van der Waals surface area contributed by atoms with Crippen molar-refractivity contribution in [2.75, 3.05) is 25.4 Å². The minimum absolute atomic E-state index is 0.0623. The summed E-state index contributed by atoms with van der Waals surface area (Å²) in [6, 6.07) is 13.2. The average molecular weight is 427 g/mol. The van der Waals surface area contributed by atoms with E-state index in [0.717, 1.165) is 21.3 Å². The van der Waals surface area contributed by atoms with E-state index in [1.165, 1.54) is 17.4 Å². The Morgan fingerprint density at radius 2 is 2.07 bits per heavy atom. The van der Waals surface area contributed by atoms with Gasteiger partial charge in [0.2, 0.25) is 11.8 Å². The molecular formula is C21H19ClN4O2S. The first-order valence-corrected chi connectivity index (χ1v) is 10.3. The smallest absolute Gasteiger partial charge is 0.247 e. The fourth-order valence-electron chi connectivity index (χ4n) is 3.25. The molecule has 2 aromatic heterocycles. The van der Waals surface area contributed by atoms with Gasteiger partial charge in [-0.15, -0.1) is 11.3 Å². The van der Waals surface area contributed by atoms with Crippen LogP contribution in [0.4, 0.5) is 5.82 Å². The standard InChI is InChI=1S/C21H19ClN4O2S/c22-18-6-3-16(29-18)4-8-20(27)26-10-9-25(21(28)13-26)12-14-1-5-17-15(11-14)2-7-19(23)24-17/h1-8,11H,9-10,12-13H2,(H2,23,24)/b8-4+. The van der Waals surface area contributed by atoms with Crippen molar-refractivity contribution in [1.29, 1.82) is 0 Å². The number of halogens is 1. The summed E-state index contributed by atoms with van der Waals surface area (Å²) < 4.78 is 0.675. The number of benzene rings is 1. The van der Waals surface area contributed by atoms with Crippen molar-refractivity contribution in [3.05, 3.63) is 63.3 Å². The first-order valence-electron chi connectivity index (χ1n) is 9.13. The van der Waals surface area contributed by atoms with Gasteiger partial charge in [0.1, 0.15) is 12.4 Å². The van der Waals surface area contributed by atoms with Crippen LogP contribution in [-0.4, -0.2) is 46.2 Å². The average Bonchev–Trinajstić information content (AvgIpc) is 3.13. The molecule has 29 heavy (non-hydrogen) atoms. The van der Waals surface area contributed by atoms with Crippen LogP contribution >= 0.6 is 22.9 Å². The molecule has 2 N–H and O–H groups in total. The van der Waals surface area contributed by atoms with Crippen LogP contribution < -0.4 is 5.73 Å². The number of nitrogens with two attached hydrogens (primary N) is 1. The largest absolute Gasteiger partial charge is 0.384 e. The lowest BCUT2D eigenvalue weighted by Gasteiger charge is -2.34. The molecule has 6 nitrogen and oxygen atoms in total. The maximum absolute atomic E-state index is 12.6. The number of pyridine rings is 1. The zero-order valence-corrected chi connectivity index (χ0v) is 17.1. The fourth-order valence-corrected chi connectivity index (χ4v) is 4.21. The first kappa shape index (κ1) is 19.4. The number of rotatable bonds is 4. The van der Waals surface area contributed by atoms with Crippen LogP contribution in [0, 0.1) is 0 Å². The number of carbonyl (C=O) groups is 2. The van der Waals surface area contributed by atoms with Gasteiger partial charge in [0.25, 0.3) is 0 Å². The Balaban J connectivity index is 1.37. The molecule has 8 heteroatoms. The molecule has 4 rings (SSSR count). The van der Waals surface area contributed by atoms with Gasteiger partial charge in [-0.3, -0.25) is 9.59 Å². The lowest BCUT2D eigenvalue weighted by Crippen LogP contribution is -2.51. The lowest BCUT2D eigenvalue weighted by atomic mass is 10.1. The summed E-state index contributed by atoms with van der Waals surface area (Å²) in [5, 5.41) is 0.983. The first-order chi connectivity index (χ1) is 14.0. The van der Waals surface area contributed by atoms with E-state index in [2.05, 4.69) is 4.98 Å². The van der Waals surface area contributed by atoms with Gasteiger partial charge < -0.3 is 15.5 Å². The SMILES string of the molecule is Nc1ccc2cc(CN3CCN(C(=O)/C=C/c4ccc(Cl)s4)CC3=O)ccc2n1. The molecular weight excluding hydrogens is 408 g/mol. The second kappa shape index (κ2) is 8.23. The van der Waals surface area contributed by atoms with Gasteiger partial charge in [-0.25, -0.2) is 4.98 Å². The Morgan fingerprint density at radius 3 is 2.83 bits per heavy atom. The van der Waals surface area contributed by atoms with Crippen molar-refractivity contribution in [2.45, 2.75) is 6.54 Å². The highest BCUT2D eigenvalue weighted by molar-refractivity contribution is 7.17. The van der Waals surface area contributed by atoms with Gasteiger partial charge in [0, 0.05) is 36.0 Å². The van der Waals surface area contributed by atoms with Gasteiger partial charge >= 0.3 is 0 Å². The number of nitrogens with zero attached hydrogens (tertiary/aromatic N) is 3. The predicted molar refractivity (Wildman–Crippen MR) is 117 cm³/mol. The van der Waals surface area contributed by atoms with Gasteiger partial charge in [-0.2, -0.15) is 0 Å². The number of carbonyl (C=O) groups excluding carboxylic acids is 2. The van der Waals surface area contributed by atoms with Crippen LogP contribution in [0.25, 0.3) is 17.0 Å². The maximum atomic E-state index is 12.6. The number of piperazine rings is 1. The summed E-state index contributed by atoms with van der Waals surface area (Å²) in [5.74, 6) is 0.252. The van der Waals surface area contributed by atoms with E-state index in [1.54, 1.807) is 28.0 Å².